The maximum Gasteiger partial charge on any atom is 0.188 e. The molecule has 1 aromatic rings. The van der Waals surface area contributed by atoms with E-state index in [1.807, 2.05) is 6.92 Å². The third-order valence-corrected chi connectivity index (χ3v) is 2.46. The lowest BCUT2D eigenvalue weighted by atomic mass is 9.89. The summed E-state index contributed by atoms with van der Waals surface area (Å²) in [6.45, 7) is 5.60. The highest BCUT2D eigenvalue weighted by atomic mass is 16.3. The third-order valence-electron chi connectivity index (χ3n) is 2.46. The van der Waals surface area contributed by atoms with Crippen molar-refractivity contribution >= 4 is 0 Å². The lowest BCUT2D eigenvalue weighted by Gasteiger charge is -2.25. The van der Waals surface area contributed by atoms with E-state index >= 15 is 0 Å². The Hall–Kier alpha value is -1.01. The van der Waals surface area contributed by atoms with Crippen LogP contribution in [-0.4, -0.2) is 38.9 Å². The largest absolute Gasteiger partial charge is 0.396 e. The van der Waals surface area contributed by atoms with Crippen molar-refractivity contribution in [1.29, 1.82) is 0 Å². The second-order valence-electron chi connectivity index (χ2n) is 3.75. The van der Waals surface area contributed by atoms with Gasteiger partial charge in [0.25, 0.3) is 0 Å². The van der Waals surface area contributed by atoms with Crippen LogP contribution in [0.1, 0.15) is 26.1 Å². The maximum atomic E-state index is 9.15. The van der Waals surface area contributed by atoms with E-state index in [1.165, 1.54) is 0 Å². The van der Waals surface area contributed by atoms with Gasteiger partial charge in [-0.25, -0.2) is 0 Å². The summed E-state index contributed by atoms with van der Waals surface area (Å²) in [5.74, 6) is 0.640. The molecule has 0 saturated carbocycles. The molecule has 1 atom stereocenters. The Morgan fingerprint density at radius 3 is 2.86 bits per heavy atom. The van der Waals surface area contributed by atoms with E-state index in [4.69, 9.17) is 5.11 Å². The molecule has 6 nitrogen and oxygen atoms in total. The first-order valence-electron chi connectivity index (χ1n) is 4.74. The van der Waals surface area contributed by atoms with Gasteiger partial charge in [0.1, 0.15) is 0 Å². The Morgan fingerprint density at radius 2 is 2.36 bits per heavy atom. The molecule has 0 fully saturated rings. The van der Waals surface area contributed by atoms with Crippen LogP contribution in [0.2, 0.25) is 0 Å². The van der Waals surface area contributed by atoms with Crippen LogP contribution in [0.15, 0.2) is 0 Å². The number of aliphatic hydroxyl groups is 1. The van der Waals surface area contributed by atoms with Crippen LogP contribution in [0.4, 0.5) is 0 Å². The smallest absolute Gasteiger partial charge is 0.188 e. The van der Waals surface area contributed by atoms with E-state index in [0.717, 1.165) is 13.0 Å². The Balaban J connectivity index is 2.27. The molecule has 0 aromatic carbocycles. The summed E-state index contributed by atoms with van der Waals surface area (Å²) >= 11 is 0. The van der Waals surface area contributed by atoms with Crippen molar-refractivity contribution < 1.29 is 5.11 Å². The lowest BCUT2D eigenvalue weighted by molar-refractivity contribution is 0.135. The zero-order chi connectivity index (χ0) is 10.4. The van der Waals surface area contributed by atoms with Crippen molar-refractivity contribution in [2.24, 2.45) is 5.41 Å². The number of hydrogen-bond acceptors (Lipinski definition) is 5. The minimum Gasteiger partial charge on any atom is -0.396 e. The number of aliphatic hydroxyl groups excluding tert-OH is 1. The number of tetrazole rings is 1. The number of aromatic nitrogens is 4. The van der Waals surface area contributed by atoms with Gasteiger partial charge < -0.3 is 10.4 Å². The van der Waals surface area contributed by atoms with Crippen LogP contribution in [0, 0.1) is 5.41 Å². The van der Waals surface area contributed by atoms with Gasteiger partial charge in [0.15, 0.2) is 5.82 Å². The normalized spacial score (nSPS) is 15.4. The Bertz CT molecular complexity index is 244. The van der Waals surface area contributed by atoms with Crippen LogP contribution in [0.5, 0.6) is 0 Å². The maximum absolute atomic E-state index is 9.15. The number of hydrogen-bond donors (Lipinski definition) is 3. The second kappa shape index (κ2) is 5.02. The van der Waals surface area contributed by atoms with Crippen molar-refractivity contribution in [2.75, 3.05) is 13.2 Å². The zero-order valence-electron chi connectivity index (χ0n) is 8.62. The molecule has 1 rings (SSSR count). The predicted molar refractivity (Wildman–Crippen MR) is 51.4 cm³/mol. The van der Waals surface area contributed by atoms with Gasteiger partial charge in [-0.2, -0.15) is 5.21 Å². The number of nitrogens with one attached hydrogen (secondary N) is 2. The van der Waals surface area contributed by atoms with Crippen LogP contribution in [0.25, 0.3) is 0 Å². The third kappa shape index (κ3) is 3.04. The molecule has 6 heteroatoms. The highest BCUT2D eigenvalue weighted by Gasteiger charge is 2.20. The van der Waals surface area contributed by atoms with Gasteiger partial charge in [-0.3, -0.25) is 0 Å². The summed E-state index contributed by atoms with van der Waals surface area (Å²) in [6, 6.07) is 0. The van der Waals surface area contributed by atoms with Gasteiger partial charge >= 0.3 is 0 Å². The van der Waals surface area contributed by atoms with Crippen molar-refractivity contribution in [3.05, 3.63) is 5.82 Å². The molecule has 14 heavy (non-hydrogen) atoms. The van der Waals surface area contributed by atoms with E-state index in [2.05, 4.69) is 32.9 Å². The number of rotatable bonds is 6. The molecular weight excluding hydrogens is 182 g/mol. The van der Waals surface area contributed by atoms with Crippen molar-refractivity contribution in [3.8, 4) is 0 Å². The number of aromatic amines is 1. The fourth-order valence-electron chi connectivity index (χ4n) is 1.03. The van der Waals surface area contributed by atoms with Gasteiger partial charge in [0.05, 0.1) is 6.54 Å². The quantitative estimate of drug-likeness (QED) is 0.585. The van der Waals surface area contributed by atoms with Gasteiger partial charge in [0.2, 0.25) is 0 Å². The fourth-order valence-corrected chi connectivity index (χ4v) is 1.03. The van der Waals surface area contributed by atoms with Crippen LogP contribution in [-0.2, 0) is 6.54 Å². The number of H-pyrrole nitrogens is 1. The molecule has 0 aliphatic heterocycles. The summed E-state index contributed by atoms with van der Waals surface area (Å²) in [5.41, 5.74) is -0.0657. The average Bonchev–Trinajstić information content (AvgIpc) is 2.70. The molecule has 0 saturated heterocycles. The second-order valence-corrected chi connectivity index (χ2v) is 3.75. The Kier molecular flexibility index (Phi) is 3.97. The van der Waals surface area contributed by atoms with Gasteiger partial charge in [-0.05, 0) is 6.42 Å². The first-order chi connectivity index (χ1) is 6.70. The molecular formula is C8H17N5O. The van der Waals surface area contributed by atoms with Crippen molar-refractivity contribution in [2.45, 2.75) is 26.8 Å². The molecule has 1 aromatic heterocycles. The fraction of sp³-hybridized carbons (Fsp3) is 0.875. The van der Waals surface area contributed by atoms with Crippen molar-refractivity contribution in [3.63, 3.8) is 0 Å². The minimum absolute atomic E-state index is 0.0657. The van der Waals surface area contributed by atoms with Gasteiger partial charge in [0, 0.05) is 18.6 Å². The predicted octanol–water partition coefficient (Wildman–Crippen LogP) is -0.302. The molecule has 3 N–H and O–H groups in total. The first kappa shape index (κ1) is 11.1. The van der Waals surface area contributed by atoms with E-state index in [9.17, 15) is 0 Å². The summed E-state index contributed by atoms with van der Waals surface area (Å²) in [7, 11) is 0. The van der Waals surface area contributed by atoms with Gasteiger partial charge in [-0.15, -0.1) is 10.2 Å². The van der Waals surface area contributed by atoms with E-state index in [1.54, 1.807) is 0 Å². The van der Waals surface area contributed by atoms with Crippen molar-refractivity contribution in [1.82, 2.24) is 25.9 Å². The highest BCUT2D eigenvalue weighted by Crippen LogP contribution is 2.18. The Morgan fingerprint density at radius 1 is 1.57 bits per heavy atom. The van der Waals surface area contributed by atoms with E-state index in [-0.39, 0.29) is 12.0 Å². The standard InChI is InChI=1S/C8H17N5O/c1-3-8(2,6-14)5-9-4-7-10-12-13-11-7/h9,14H,3-6H2,1-2H3,(H,10,11,12,13). The van der Waals surface area contributed by atoms with Crippen LogP contribution < -0.4 is 5.32 Å². The molecule has 0 amide bonds. The van der Waals surface area contributed by atoms with Crippen LogP contribution in [0.3, 0.4) is 0 Å². The average molecular weight is 199 g/mol. The summed E-state index contributed by atoms with van der Waals surface area (Å²) in [6.07, 6.45) is 0.933. The lowest BCUT2D eigenvalue weighted by Crippen LogP contribution is -2.34. The molecule has 0 aliphatic rings. The molecule has 1 unspecified atom stereocenters. The Labute approximate surface area is 83.1 Å². The van der Waals surface area contributed by atoms with Gasteiger partial charge in [-0.1, -0.05) is 19.1 Å². The molecule has 0 radical (unpaired) electrons. The molecule has 0 aliphatic carbocycles. The zero-order valence-corrected chi connectivity index (χ0v) is 8.62. The molecule has 0 spiro atoms. The minimum atomic E-state index is -0.0657. The molecule has 0 bridgehead atoms. The highest BCUT2D eigenvalue weighted by molar-refractivity contribution is 4.78. The van der Waals surface area contributed by atoms with E-state index < -0.39 is 0 Å². The first-order valence-corrected chi connectivity index (χ1v) is 4.74. The molecule has 80 valence electrons. The summed E-state index contributed by atoms with van der Waals surface area (Å²) < 4.78 is 0. The van der Waals surface area contributed by atoms with E-state index in [0.29, 0.717) is 12.4 Å². The number of nitrogens with zero attached hydrogens (tertiary/aromatic N) is 3. The SMILES string of the molecule is CCC(C)(CO)CNCc1nn[nH]n1. The monoisotopic (exact) mass is 199 g/mol. The summed E-state index contributed by atoms with van der Waals surface area (Å²) in [4.78, 5) is 0. The topological polar surface area (TPSA) is 86.7 Å². The molecule has 1 heterocycles. The van der Waals surface area contributed by atoms with Crippen LogP contribution >= 0.6 is 0 Å². The summed E-state index contributed by atoms with van der Waals surface area (Å²) in [5, 5.41) is 25.8.